The topological polar surface area (TPSA) is 91.6 Å². The minimum Gasteiger partial charge on any atom is -0.421 e. The Morgan fingerprint density at radius 1 is 0.970 bits per heavy atom. The largest absolute Gasteiger partial charge is 0.421 e. The van der Waals surface area contributed by atoms with Gasteiger partial charge in [-0.2, -0.15) is 0 Å². The highest BCUT2D eigenvalue weighted by Gasteiger charge is 2.23. The molecule has 1 aliphatic rings. The number of hydrogen-bond acceptors (Lipinski definition) is 6. The van der Waals surface area contributed by atoms with Crippen LogP contribution in [0.4, 0.5) is 5.69 Å². The summed E-state index contributed by atoms with van der Waals surface area (Å²) in [5, 5.41) is 11.1. The average molecular weight is 448 g/mol. The van der Waals surface area contributed by atoms with Crippen LogP contribution in [0, 0.1) is 13.8 Å². The van der Waals surface area contributed by atoms with Crippen molar-refractivity contribution in [2.45, 2.75) is 26.7 Å². The fraction of sp³-hybridized carbons (Fsp3) is 0.360. The first-order valence-corrected chi connectivity index (χ1v) is 11.2. The van der Waals surface area contributed by atoms with Crippen LogP contribution in [0.2, 0.25) is 0 Å². The molecule has 8 nitrogen and oxygen atoms in total. The number of aryl methyl sites for hydroxylation is 2. The Balaban J connectivity index is 1.20. The smallest absolute Gasteiger partial charge is 0.247 e. The molecule has 0 atom stereocenters. The number of hydrogen-bond donors (Lipinski definition) is 1. The lowest BCUT2D eigenvalue weighted by atomic mass is 10.1. The zero-order chi connectivity index (χ0) is 23.2. The van der Waals surface area contributed by atoms with Gasteiger partial charge in [-0.3, -0.25) is 14.5 Å². The monoisotopic (exact) mass is 447 g/mol. The molecule has 2 heterocycles. The maximum atomic E-state index is 12.6. The molecule has 0 radical (unpaired) electrons. The van der Waals surface area contributed by atoms with Crippen molar-refractivity contribution in [1.29, 1.82) is 0 Å². The number of nitrogens with one attached hydrogen (secondary N) is 1. The van der Waals surface area contributed by atoms with Crippen LogP contribution < -0.4 is 5.32 Å². The highest BCUT2D eigenvalue weighted by atomic mass is 16.4. The first-order chi connectivity index (χ1) is 16.0. The Hall–Kier alpha value is -3.52. The number of nitrogens with zero attached hydrogens (tertiary/aromatic N) is 4. The van der Waals surface area contributed by atoms with Gasteiger partial charge in [0, 0.05) is 50.3 Å². The first-order valence-electron chi connectivity index (χ1n) is 11.2. The van der Waals surface area contributed by atoms with Gasteiger partial charge in [0.15, 0.2) is 0 Å². The van der Waals surface area contributed by atoms with Gasteiger partial charge in [0.25, 0.3) is 0 Å². The number of carbonyl (C=O) groups excluding carboxylic acids is 2. The molecular weight excluding hydrogens is 418 g/mol. The molecule has 0 aliphatic carbocycles. The molecular formula is C25H29N5O3. The van der Waals surface area contributed by atoms with Gasteiger partial charge in [0.2, 0.25) is 23.6 Å². The zero-order valence-electron chi connectivity index (χ0n) is 19.1. The predicted octanol–water partition coefficient (Wildman–Crippen LogP) is 3.07. The molecule has 4 rings (SSSR count). The number of amides is 2. The molecule has 1 aromatic heterocycles. The third kappa shape index (κ3) is 5.84. The summed E-state index contributed by atoms with van der Waals surface area (Å²) >= 11 is 0. The normalized spacial score (nSPS) is 14.3. The van der Waals surface area contributed by atoms with Gasteiger partial charge in [-0.25, -0.2) is 0 Å². The lowest BCUT2D eigenvalue weighted by molar-refractivity contribution is -0.133. The number of piperazine rings is 1. The van der Waals surface area contributed by atoms with E-state index in [-0.39, 0.29) is 11.8 Å². The third-order valence-electron chi connectivity index (χ3n) is 6.01. The van der Waals surface area contributed by atoms with Gasteiger partial charge in [0.05, 0.1) is 6.54 Å². The van der Waals surface area contributed by atoms with Crippen LogP contribution in [0.1, 0.15) is 23.4 Å². The summed E-state index contributed by atoms with van der Waals surface area (Å²) in [5.41, 5.74) is 3.95. The van der Waals surface area contributed by atoms with Crippen LogP contribution in [-0.4, -0.2) is 64.5 Å². The van der Waals surface area contributed by atoms with Crippen LogP contribution in [0.25, 0.3) is 11.5 Å². The van der Waals surface area contributed by atoms with E-state index in [2.05, 4.69) is 20.4 Å². The second-order valence-electron chi connectivity index (χ2n) is 8.32. The number of carbonyl (C=O) groups is 2. The summed E-state index contributed by atoms with van der Waals surface area (Å²) in [6, 6.07) is 15.5. The van der Waals surface area contributed by atoms with Crippen molar-refractivity contribution in [3.05, 3.63) is 65.5 Å². The lowest BCUT2D eigenvalue weighted by Crippen LogP contribution is -2.50. The second kappa shape index (κ2) is 10.4. The molecule has 8 heteroatoms. The summed E-state index contributed by atoms with van der Waals surface area (Å²) in [6.07, 6.45) is 0.737. The molecule has 2 aromatic carbocycles. The van der Waals surface area contributed by atoms with Crippen molar-refractivity contribution in [2.75, 3.05) is 38.0 Å². The average Bonchev–Trinajstić information content (AvgIpc) is 3.31. The van der Waals surface area contributed by atoms with Crippen LogP contribution >= 0.6 is 0 Å². The van der Waals surface area contributed by atoms with E-state index >= 15 is 0 Å². The molecule has 1 N–H and O–H groups in total. The quantitative estimate of drug-likeness (QED) is 0.599. The molecule has 0 saturated carbocycles. The van der Waals surface area contributed by atoms with Crippen molar-refractivity contribution in [1.82, 2.24) is 20.0 Å². The van der Waals surface area contributed by atoms with Gasteiger partial charge in [-0.1, -0.05) is 30.3 Å². The fourth-order valence-corrected chi connectivity index (χ4v) is 3.86. The van der Waals surface area contributed by atoms with E-state index in [0.29, 0.717) is 57.3 Å². The first kappa shape index (κ1) is 22.7. The third-order valence-corrected chi connectivity index (χ3v) is 6.01. The van der Waals surface area contributed by atoms with Crippen molar-refractivity contribution in [2.24, 2.45) is 0 Å². The number of aromatic nitrogens is 2. The molecule has 0 unspecified atom stereocenters. The van der Waals surface area contributed by atoms with Crippen LogP contribution in [-0.2, 0) is 16.0 Å². The fourth-order valence-electron chi connectivity index (χ4n) is 3.86. The number of rotatable bonds is 7. The summed E-state index contributed by atoms with van der Waals surface area (Å²) in [7, 11) is 0. The SMILES string of the molecule is Cc1cccc(NC(=O)CN2CCN(C(=O)CCc3nnc(-c4ccccc4)o3)CC2)c1C. The standard InChI is InChI=1S/C25H29N5O3/c1-18-7-6-10-21(19(18)2)26-22(31)17-29-13-15-30(16-14-29)24(32)12-11-23-27-28-25(33-23)20-8-4-3-5-9-20/h3-10H,11-17H2,1-2H3,(H,26,31). The van der Waals surface area contributed by atoms with Crippen LogP contribution in [0.5, 0.6) is 0 Å². The molecule has 1 fully saturated rings. The van der Waals surface area contributed by atoms with Gasteiger partial charge < -0.3 is 14.6 Å². The zero-order valence-corrected chi connectivity index (χ0v) is 19.1. The van der Waals surface area contributed by atoms with Crippen molar-refractivity contribution >= 4 is 17.5 Å². The molecule has 0 spiro atoms. The van der Waals surface area contributed by atoms with Crippen LogP contribution in [0.3, 0.4) is 0 Å². The van der Waals surface area contributed by atoms with Crippen molar-refractivity contribution < 1.29 is 14.0 Å². The van der Waals surface area contributed by atoms with Gasteiger partial charge in [-0.05, 0) is 43.2 Å². The lowest BCUT2D eigenvalue weighted by Gasteiger charge is -2.34. The number of benzene rings is 2. The predicted molar refractivity (Wildman–Crippen MR) is 126 cm³/mol. The molecule has 1 saturated heterocycles. The molecule has 1 aliphatic heterocycles. The maximum Gasteiger partial charge on any atom is 0.247 e. The molecule has 2 amide bonds. The van der Waals surface area contributed by atoms with Crippen molar-refractivity contribution in [3.63, 3.8) is 0 Å². The van der Waals surface area contributed by atoms with E-state index in [1.165, 1.54) is 0 Å². The minimum absolute atomic E-state index is 0.0332. The molecule has 3 aromatic rings. The van der Waals surface area contributed by atoms with Crippen LogP contribution in [0.15, 0.2) is 52.9 Å². The Labute approximate surface area is 193 Å². The highest BCUT2D eigenvalue weighted by Crippen LogP contribution is 2.19. The van der Waals surface area contributed by atoms with Crippen molar-refractivity contribution in [3.8, 4) is 11.5 Å². The highest BCUT2D eigenvalue weighted by molar-refractivity contribution is 5.93. The Morgan fingerprint density at radius 3 is 2.48 bits per heavy atom. The van der Waals surface area contributed by atoms with E-state index in [1.54, 1.807) is 0 Å². The van der Waals surface area contributed by atoms with E-state index in [9.17, 15) is 9.59 Å². The molecule has 0 bridgehead atoms. The summed E-state index contributed by atoms with van der Waals surface area (Å²) < 4.78 is 5.69. The minimum atomic E-state index is -0.0332. The Kier molecular flexibility index (Phi) is 7.14. The van der Waals surface area contributed by atoms with Gasteiger partial charge in [-0.15, -0.1) is 10.2 Å². The van der Waals surface area contributed by atoms with E-state index < -0.39 is 0 Å². The summed E-state index contributed by atoms with van der Waals surface area (Å²) in [5.74, 6) is 0.956. The van der Waals surface area contributed by atoms with Gasteiger partial charge in [0.1, 0.15) is 0 Å². The molecule has 172 valence electrons. The Bertz CT molecular complexity index is 1100. The van der Waals surface area contributed by atoms with E-state index in [1.807, 2.05) is 67.3 Å². The van der Waals surface area contributed by atoms with E-state index in [0.717, 1.165) is 22.4 Å². The molecule has 33 heavy (non-hydrogen) atoms. The van der Waals surface area contributed by atoms with E-state index in [4.69, 9.17) is 4.42 Å². The second-order valence-corrected chi connectivity index (χ2v) is 8.32. The Morgan fingerprint density at radius 2 is 1.73 bits per heavy atom. The summed E-state index contributed by atoms with van der Waals surface area (Å²) in [4.78, 5) is 29.0. The maximum absolute atomic E-state index is 12.6. The van der Waals surface area contributed by atoms with Gasteiger partial charge >= 0.3 is 0 Å². The number of anilines is 1. The summed E-state index contributed by atoms with van der Waals surface area (Å²) in [6.45, 7) is 6.91.